The first-order valence-electron chi connectivity index (χ1n) is 14.0. The molecule has 238 valence electrons. The highest BCUT2D eigenvalue weighted by Gasteiger charge is 2.40. The monoisotopic (exact) mass is 628 g/mol. The van der Waals surface area contributed by atoms with Crippen LogP contribution in [-0.4, -0.2) is 81.7 Å². The standard InChI is InChI=1S/C30H31F3N6O6/c1-17(2)25(26(42)27-36-23(45-37-27)14-19-10-7-11-20(12-19)30(31,32)33)35-22(40)15-34-29(44)39-16-24(41)38(3)21(28(39)43)13-18-8-5-4-6-9-18/h4-12,17,21,25H,13-16H2,1-3H3,(H,34,44)(H,35,40). The molecule has 4 rings (SSSR count). The number of nitrogens with one attached hydrogen (secondary N) is 2. The molecule has 1 aromatic heterocycles. The molecule has 15 heteroatoms. The quantitative estimate of drug-likeness (QED) is 0.325. The summed E-state index contributed by atoms with van der Waals surface area (Å²) in [6.07, 6.45) is -4.49. The number of alkyl halides is 3. The van der Waals surface area contributed by atoms with Crippen molar-refractivity contribution in [3.63, 3.8) is 0 Å². The molecular weight excluding hydrogens is 597 g/mol. The maximum absolute atomic E-state index is 13.1. The number of piperazine rings is 1. The fraction of sp³-hybridized carbons (Fsp3) is 0.367. The van der Waals surface area contributed by atoms with Gasteiger partial charge in [0.05, 0.1) is 24.6 Å². The molecule has 3 aromatic rings. The Bertz CT molecular complexity index is 1580. The van der Waals surface area contributed by atoms with Crippen LogP contribution in [0, 0.1) is 5.92 Å². The second kappa shape index (κ2) is 13.7. The van der Waals surface area contributed by atoms with Crippen LogP contribution in [0.15, 0.2) is 59.1 Å². The zero-order valence-corrected chi connectivity index (χ0v) is 24.6. The average Bonchev–Trinajstić information content (AvgIpc) is 3.47. The van der Waals surface area contributed by atoms with Crippen LogP contribution in [0.1, 0.15) is 47.0 Å². The number of nitrogens with zero attached hydrogens (tertiary/aromatic N) is 4. The van der Waals surface area contributed by atoms with Gasteiger partial charge in [0, 0.05) is 13.5 Å². The molecule has 2 heterocycles. The van der Waals surface area contributed by atoms with Crippen molar-refractivity contribution in [1.29, 1.82) is 0 Å². The molecule has 1 aliphatic rings. The molecule has 45 heavy (non-hydrogen) atoms. The van der Waals surface area contributed by atoms with E-state index in [1.807, 2.05) is 6.07 Å². The molecular formula is C30H31F3N6O6. The van der Waals surface area contributed by atoms with E-state index in [9.17, 15) is 37.1 Å². The minimum Gasteiger partial charge on any atom is -0.344 e. The van der Waals surface area contributed by atoms with Gasteiger partial charge < -0.3 is 20.1 Å². The fourth-order valence-electron chi connectivity index (χ4n) is 4.69. The van der Waals surface area contributed by atoms with Crippen molar-refractivity contribution < 1.29 is 41.7 Å². The number of urea groups is 1. The van der Waals surface area contributed by atoms with Crippen molar-refractivity contribution >= 4 is 29.5 Å². The maximum atomic E-state index is 13.1. The van der Waals surface area contributed by atoms with Crippen LogP contribution in [0.2, 0.25) is 0 Å². The summed E-state index contributed by atoms with van der Waals surface area (Å²) >= 11 is 0. The number of hydrogen-bond acceptors (Lipinski definition) is 8. The number of halogens is 3. The van der Waals surface area contributed by atoms with Crippen molar-refractivity contribution in [3.05, 3.63) is 83.0 Å². The summed E-state index contributed by atoms with van der Waals surface area (Å²) < 4.78 is 44.2. The lowest BCUT2D eigenvalue weighted by atomic mass is 9.99. The van der Waals surface area contributed by atoms with Crippen LogP contribution < -0.4 is 10.6 Å². The number of hydrogen-bond donors (Lipinski definition) is 2. The van der Waals surface area contributed by atoms with E-state index in [0.29, 0.717) is 0 Å². The minimum atomic E-state index is -4.53. The molecule has 1 saturated heterocycles. The molecule has 2 N–H and O–H groups in total. The zero-order chi connectivity index (χ0) is 32.9. The van der Waals surface area contributed by atoms with Gasteiger partial charge in [0.1, 0.15) is 12.6 Å². The van der Waals surface area contributed by atoms with Gasteiger partial charge in [-0.3, -0.25) is 24.1 Å². The Morgan fingerprint density at radius 3 is 2.40 bits per heavy atom. The van der Waals surface area contributed by atoms with Gasteiger partial charge in [-0.1, -0.05) is 67.5 Å². The Balaban J connectivity index is 1.35. The predicted octanol–water partition coefficient (Wildman–Crippen LogP) is 2.62. The van der Waals surface area contributed by atoms with E-state index in [-0.39, 0.29) is 30.1 Å². The van der Waals surface area contributed by atoms with Gasteiger partial charge in [-0.05, 0) is 23.1 Å². The SMILES string of the molecule is CC(C)C(NC(=O)CNC(=O)N1CC(=O)N(C)C(Cc2ccccc2)C1=O)C(=O)c1noc(Cc2cccc(C(F)(F)F)c2)n1. The first-order valence-corrected chi connectivity index (χ1v) is 14.0. The molecule has 0 bridgehead atoms. The number of carbonyl (C=O) groups is 5. The van der Waals surface area contributed by atoms with Gasteiger partial charge in [-0.15, -0.1) is 0 Å². The van der Waals surface area contributed by atoms with E-state index in [0.717, 1.165) is 22.6 Å². The number of imide groups is 1. The summed E-state index contributed by atoms with van der Waals surface area (Å²) in [6, 6.07) is 10.5. The highest BCUT2D eigenvalue weighted by Crippen LogP contribution is 2.30. The van der Waals surface area contributed by atoms with E-state index in [1.54, 1.807) is 38.1 Å². The van der Waals surface area contributed by atoms with Crippen molar-refractivity contribution in [1.82, 2.24) is 30.6 Å². The molecule has 12 nitrogen and oxygen atoms in total. The molecule has 2 aromatic carbocycles. The normalized spacial score (nSPS) is 16.1. The third-order valence-corrected chi connectivity index (χ3v) is 7.19. The molecule has 1 aliphatic heterocycles. The Kier molecular flexibility index (Phi) is 9.99. The van der Waals surface area contributed by atoms with Crippen LogP contribution in [0.25, 0.3) is 0 Å². The summed E-state index contributed by atoms with van der Waals surface area (Å²) in [7, 11) is 1.48. The maximum Gasteiger partial charge on any atom is 0.416 e. The lowest BCUT2D eigenvalue weighted by Crippen LogP contribution is -2.62. The first-order chi connectivity index (χ1) is 21.2. The molecule has 2 unspecified atom stereocenters. The number of rotatable bonds is 10. The number of ketones is 1. The summed E-state index contributed by atoms with van der Waals surface area (Å²) in [4.78, 5) is 70.4. The van der Waals surface area contributed by atoms with Crippen LogP contribution >= 0.6 is 0 Å². The Labute approximate surface area is 255 Å². The number of Topliss-reactive ketones (excluding diaryl/α,β-unsaturated/α-hetero) is 1. The summed E-state index contributed by atoms with van der Waals surface area (Å²) in [5, 5.41) is 8.44. The third-order valence-electron chi connectivity index (χ3n) is 7.19. The summed E-state index contributed by atoms with van der Waals surface area (Å²) in [5.74, 6) is -3.48. The number of amides is 5. The third kappa shape index (κ3) is 8.10. The minimum absolute atomic E-state index is 0.101. The van der Waals surface area contributed by atoms with Gasteiger partial charge in [0.15, 0.2) is 0 Å². The lowest BCUT2D eigenvalue weighted by molar-refractivity contribution is -0.151. The van der Waals surface area contributed by atoms with E-state index in [1.165, 1.54) is 24.1 Å². The molecule has 0 aliphatic carbocycles. The topological polar surface area (TPSA) is 155 Å². The smallest absolute Gasteiger partial charge is 0.344 e. The van der Waals surface area contributed by atoms with Crippen LogP contribution in [0.3, 0.4) is 0 Å². The molecule has 0 saturated carbocycles. The lowest BCUT2D eigenvalue weighted by Gasteiger charge is -2.37. The van der Waals surface area contributed by atoms with Gasteiger partial charge in [-0.2, -0.15) is 18.2 Å². The molecule has 2 atom stereocenters. The zero-order valence-electron chi connectivity index (χ0n) is 24.6. The number of likely N-dealkylation sites (N-methyl/N-ethyl adjacent to an activating group) is 1. The second-order valence-corrected chi connectivity index (χ2v) is 10.8. The largest absolute Gasteiger partial charge is 0.416 e. The molecule has 0 radical (unpaired) electrons. The molecule has 5 amide bonds. The number of carbonyl (C=O) groups excluding carboxylic acids is 5. The first kappa shape index (κ1) is 32.8. The Hall–Kier alpha value is -5.08. The van der Waals surface area contributed by atoms with E-state index >= 15 is 0 Å². The van der Waals surface area contributed by atoms with Gasteiger partial charge in [0.25, 0.3) is 5.91 Å². The van der Waals surface area contributed by atoms with Crippen molar-refractivity contribution in [3.8, 4) is 0 Å². The Morgan fingerprint density at radius 1 is 1.04 bits per heavy atom. The number of aromatic nitrogens is 2. The average molecular weight is 629 g/mol. The highest BCUT2D eigenvalue weighted by molar-refractivity contribution is 6.05. The van der Waals surface area contributed by atoms with E-state index in [2.05, 4.69) is 20.8 Å². The van der Waals surface area contributed by atoms with E-state index in [4.69, 9.17) is 4.52 Å². The van der Waals surface area contributed by atoms with Crippen molar-refractivity contribution in [2.24, 2.45) is 5.92 Å². The predicted molar refractivity (Wildman–Crippen MR) is 151 cm³/mol. The van der Waals surface area contributed by atoms with Crippen molar-refractivity contribution in [2.45, 2.75) is 44.9 Å². The van der Waals surface area contributed by atoms with Crippen LogP contribution in [0.5, 0.6) is 0 Å². The van der Waals surface area contributed by atoms with Crippen LogP contribution in [-0.2, 0) is 33.4 Å². The highest BCUT2D eigenvalue weighted by atomic mass is 19.4. The summed E-state index contributed by atoms with van der Waals surface area (Å²) in [6.45, 7) is 2.18. The molecule has 0 spiro atoms. The second-order valence-electron chi connectivity index (χ2n) is 10.8. The van der Waals surface area contributed by atoms with Crippen molar-refractivity contribution in [2.75, 3.05) is 20.1 Å². The van der Waals surface area contributed by atoms with Crippen LogP contribution in [0.4, 0.5) is 18.0 Å². The van der Waals surface area contributed by atoms with E-state index < -0.39 is 72.4 Å². The molecule has 1 fully saturated rings. The van der Waals surface area contributed by atoms with Gasteiger partial charge in [-0.25, -0.2) is 4.79 Å². The fourth-order valence-corrected chi connectivity index (χ4v) is 4.69. The van der Waals surface area contributed by atoms with Gasteiger partial charge in [0.2, 0.25) is 29.3 Å². The van der Waals surface area contributed by atoms with Gasteiger partial charge >= 0.3 is 12.2 Å². The number of benzene rings is 2. The summed E-state index contributed by atoms with van der Waals surface area (Å²) in [5.41, 5.74) is 0.191. The Morgan fingerprint density at radius 2 is 1.73 bits per heavy atom.